The second kappa shape index (κ2) is 14.5. The van der Waals surface area contributed by atoms with Crippen LogP contribution in [0.5, 0.6) is 0 Å². The molecule has 3 unspecified atom stereocenters. The van der Waals surface area contributed by atoms with E-state index in [1.165, 1.54) is 44.1 Å². The molecule has 3 rings (SSSR count). The van der Waals surface area contributed by atoms with Crippen molar-refractivity contribution in [3.8, 4) is 0 Å². The monoisotopic (exact) mass is 669 g/mol. The molecule has 3 aliphatic rings. The summed E-state index contributed by atoms with van der Waals surface area (Å²) in [5.74, 6) is 2.12. The molecule has 46 heavy (non-hydrogen) atoms. The molecule has 0 aromatic rings. The second-order valence-corrected chi connectivity index (χ2v) is 28.8. The molecule has 6 atom stereocenters. The highest BCUT2D eigenvalue weighted by molar-refractivity contribution is 6.74. The van der Waals surface area contributed by atoms with E-state index in [1.54, 1.807) is 11.8 Å². The minimum Gasteiger partial charge on any atom is -0.411 e. The van der Waals surface area contributed by atoms with E-state index < -0.39 is 22.2 Å². The maximum absolute atomic E-state index is 10.3. The Bertz CT molecular complexity index is 1140. The highest BCUT2D eigenvalue weighted by Crippen LogP contribution is 2.60. The summed E-state index contributed by atoms with van der Waals surface area (Å²) in [7, 11) is -4.17. The van der Waals surface area contributed by atoms with E-state index in [9.17, 15) is 5.11 Å². The fraction of sp³-hybridized carbons (Fsp3) is 0.825. The molecule has 3 fully saturated rings. The Morgan fingerprint density at radius 1 is 0.935 bits per heavy atom. The Morgan fingerprint density at radius 3 is 1.96 bits per heavy atom. The van der Waals surface area contributed by atoms with Crippen LogP contribution in [-0.2, 0) is 8.85 Å². The molecule has 6 heteroatoms. The maximum Gasteiger partial charge on any atom is 0.192 e. The van der Waals surface area contributed by atoms with E-state index in [0.29, 0.717) is 17.3 Å². The van der Waals surface area contributed by atoms with Crippen LogP contribution in [0.3, 0.4) is 0 Å². The fourth-order valence-corrected chi connectivity index (χ4v) is 10.7. The Labute approximate surface area is 287 Å². The third-order valence-electron chi connectivity index (χ3n) is 13.0. The number of aliphatic hydroxyl groups is 1. The zero-order chi connectivity index (χ0) is 34.9. The number of rotatable bonds is 10. The number of hydrogen-bond donors (Lipinski definition) is 1. The van der Waals surface area contributed by atoms with E-state index >= 15 is 0 Å². The molecule has 0 amide bonds. The lowest BCUT2D eigenvalue weighted by Crippen LogP contribution is -2.50. The molecule has 0 bridgehead atoms. The lowest BCUT2D eigenvalue weighted by Gasteiger charge is -2.46. The summed E-state index contributed by atoms with van der Waals surface area (Å²) in [4.78, 5) is 3.80. The molecule has 262 valence electrons. The van der Waals surface area contributed by atoms with Crippen LogP contribution in [0.2, 0.25) is 36.3 Å². The van der Waals surface area contributed by atoms with Crippen molar-refractivity contribution in [1.29, 1.82) is 0 Å². The van der Waals surface area contributed by atoms with Gasteiger partial charge in [-0.25, -0.2) is 4.85 Å². The first-order valence-electron chi connectivity index (χ1n) is 18.4. The quantitative estimate of drug-likeness (QED) is 0.186. The molecule has 0 saturated heterocycles. The zero-order valence-corrected chi connectivity index (χ0v) is 34.4. The van der Waals surface area contributed by atoms with E-state index in [1.807, 2.05) is 13.8 Å². The summed E-state index contributed by atoms with van der Waals surface area (Å²) in [6.07, 6.45) is 17.8. The van der Waals surface area contributed by atoms with Gasteiger partial charge < -0.3 is 14.0 Å². The van der Waals surface area contributed by atoms with Gasteiger partial charge in [0.05, 0.1) is 24.4 Å². The van der Waals surface area contributed by atoms with Crippen LogP contribution in [0.4, 0.5) is 0 Å². The molecule has 0 aromatic carbocycles. The van der Waals surface area contributed by atoms with Gasteiger partial charge in [-0.3, -0.25) is 0 Å². The van der Waals surface area contributed by atoms with Gasteiger partial charge in [-0.1, -0.05) is 91.5 Å². The SMILES string of the molecule is [C-]#[N+]C=C1[C@@H](O[Si](C)(C)C(C)(C)C)CC(=C/C=C2\CCCC3(C)C2CCC3[C@@H](C)CCCC(C)(C)O)C[C@H]1O[Si](C)(C)C(C)(C)C. The third kappa shape index (κ3) is 9.38. The van der Waals surface area contributed by atoms with Crippen molar-refractivity contribution in [2.24, 2.45) is 23.2 Å². The molecule has 0 spiro atoms. The minimum atomic E-state index is -2.08. The van der Waals surface area contributed by atoms with Crippen molar-refractivity contribution < 1.29 is 14.0 Å². The molecule has 0 heterocycles. The van der Waals surface area contributed by atoms with E-state index in [0.717, 1.165) is 37.2 Å². The van der Waals surface area contributed by atoms with E-state index in [4.69, 9.17) is 15.4 Å². The maximum atomic E-state index is 10.3. The Balaban J connectivity index is 1.92. The van der Waals surface area contributed by atoms with Crippen LogP contribution in [0.25, 0.3) is 4.85 Å². The summed E-state index contributed by atoms with van der Waals surface area (Å²) in [6.45, 7) is 39.9. The first kappa shape index (κ1) is 39.5. The molecule has 0 aromatic heterocycles. The Hall–Kier alpha value is -0.976. The van der Waals surface area contributed by atoms with Crippen LogP contribution < -0.4 is 0 Å². The number of allylic oxidation sites excluding steroid dienone is 3. The summed E-state index contributed by atoms with van der Waals surface area (Å²) in [6, 6.07) is 0. The lowest BCUT2D eigenvalue weighted by molar-refractivity contribution is 0.0596. The van der Waals surface area contributed by atoms with Crippen molar-refractivity contribution in [2.45, 2.75) is 188 Å². The minimum absolute atomic E-state index is 0.0896. The zero-order valence-electron chi connectivity index (χ0n) is 32.4. The molecule has 1 N–H and O–H groups in total. The summed E-state index contributed by atoms with van der Waals surface area (Å²) in [5, 5.41) is 10.4. The van der Waals surface area contributed by atoms with Gasteiger partial charge in [0.2, 0.25) is 0 Å². The average molecular weight is 670 g/mol. The predicted molar refractivity (Wildman–Crippen MR) is 202 cm³/mol. The van der Waals surface area contributed by atoms with Gasteiger partial charge in [-0.15, -0.1) is 0 Å². The van der Waals surface area contributed by atoms with Gasteiger partial charge in [-0.05, 0) is 130 Å². The normalized spacial score (nSPS) is 31.7. The van der Waals surface area contributed by atoms with Crippen molar-refractivity contribution >= 4 is 16.6 Å². The smallest absolute Gasteiger partial charge is 0.192 e. The predicted octanol–water partition coefficient (Wildman–Crippen LogP) is 12.0. The van der Waals surface area contributed by atoms with Gasteiger partial charge in [0.1, 0.15) is 0 Å². The van der Waals surface area contributed by atoms with Gasteiger partial charge in [0.25, 0.3) is 0 Å². The largest absolute Gasteiger partial charge is 0.411 e. The van der Waals surface area contributed by atoms with Crippen molar-refractivity contribution in [1.82, 2.24) is 0 Å². The van der Waals surface area contributed by atoms with Crippen molar-refractivity contribution in [3.63, 3.8) is 0 Å². The standard InChI is InChI=1S/C40H71NO3Si2/c1-29(18-16-24-39(8,9)42)33-22-23-34-31(19-17-25-40(33,34)10)21-20-30-26-35(43-45(12,13)37(2,3)4)32(28-41-11)36(27-30)44-46(14,15)38(5,6)7/h20-21,28-29,33-36,42H,16-19,22-27H2,1-10,12-15H3/b30-20?,31-21+,32-28?/t29-,33?,34?,35-,36+,40?/m0/s1. The number of nitrogens with zero attached hydrogens (tertiary/aromatic N) is 1. The average Bonchev–Trinajstić information content (AvgIpc) is 3.24. The van der Waals surface area contributed by atoms with Crippen LogP contribution in [0, 0.1) is 29.7 Å². The molecular formula is C40H71NO3Si2. The van der Waals surface area contributed by atoms with Gasteiger partial charge in [0.15, 0.2) is 22.8 Å². The van der Waals surface area contributed by atoms with Crippen molar-refractivity contribution in [2.75, 3.05) is 0 Å². The van der Waals surface area contributed by atoms with Crippen LogP contribution in [0.1, 0.15) is 133 Å². The van der Waals surface area contributed by atoms with Crippen LogP contribution >= 0.6 is 0 Å². The van der Waals surface area contributed by atoms with Crippen molar-refractivity contribution in [3.05, 3.63) is 46.5 Å². The second-order valence-electron chi connectivity index (χ2n) is 19.2. The Kier molecular flexibility index (Phi) is 12.4. The molecule has 0 radical (unpaired) electrons. The first-order chi connectivity index (χ1) is 20.9. The lowest BCUT2D eigenvalue weighted by atomic mass is 9.60. The van der Waals surface area contributed by atoms with Crippen LogP contribution in [0.15, 0.2) is 35.1 Å². The van der Waals surface area contributed by atoms with Crippen LogP contribution in [-0.4, -0.2) is 39.6 Å². The first-order valence-corrected chi connectivity index (χ1v) is 24.3. The fourth-order valence-electron chi connectivity index (χ4n) is 8.16. The Morgan fingerprint density at radius 2 is 1.48 bits per heavy atom. The number of fused-ring (bicyclic) bond motifs is 1. The molecular weight excluding hydrogens is 599 g/mol. The third-order valence-corrected chi connectivity index (χ3v) is 22.0. The summed E-state index contributed by atoms with van der Waals surface area (Å²) >= 11 is 0. The summed E-state index contributed by atoms with van der Waals surface area (Å²) in [5.41, 5.74) is 3.92. The van der Waals surface area contributed by atoms with Gasteiger partial charge in [-0.2, -0.15) is 0 Å². The van der Waals surface area contributed by atoms with Gasteiger partial charge >= 0.3 is 0 Å². The topological polar surface area (TPSA) is 43.0 Å². The number of hydrogen-bond acceptors (Lipinski definition) is 3. The molecule has 0 aliphatic heterocycles. The molecule has 3 aliphatic carbocycles. The van der Waals surface area contributed by atoms with E-state index in [2.05, 4.69) is 98.6 Å². The highest BCUT2D eigenvalue weighted by atomic mass is 28.4. The van der Waals surface area contributed by atoms with Gasteiger partial charge in [0, 0.05) is 0 Å². The molecule has 4 nitrogen and oxygen atoms in total. The highest BCUT2D eigenvalue weighted by Gasteiger charge is 2.51. The summed E-state index contributed by atoms with van der Waals surface area (Å²) < 4.78 is 14.3. The van der Waals surface area contributed by atoms with E-state index in [-0.39, 0.29) is 22.3 Å². The molecule has 3 saturated carbocycles.